The predicted molar refractivity (Wildman–Crippen MR) is 122 cm³/mol. The predicted octanol–water partition coefficient (Wildman–Crippen LogP) is 6.27. The van der Waals surface area contributed by atoms with Gasteiger partial charge in [0.1, 0.15) is 0 Å². The Balaban J connectivity index is 1.80. The molecule has 0 aromatic heterocycles. The van der Waals surface area contributed by atoms with Gasteiger partial charge in [0.25, 0.3) is 0 Å². The second-order valence-corrected chi connectivity index (χ2v) is 7.85. The fraction of sp³-hybridized carbons (Fsp3) is 0.308. The molecule has 0 fully saturated rings. The number of benzene rings is 2. The number of likely N-dealkylation sites (N-methyl/N-ethyl adjacent to an activating group) is 1. The SMILES string of the molecule is C=C(/C=C\C=C/N(C)Cc1ccc(C(C)C)cc1)N(C)Cc1ccc(C)cc1. The second-order valence-electron chi connectivity index (χ2n) is 7.85. The van der Waals surface area contributed by atoms with Gasteiger partial charge in [0.05, 0.1) is 0 Å². The molecule has 0 unspecified atom stereocenters. The maximum absolute atomic E-state index is 4.17. The molecule has 2 heteroatoms. The fourth-order valence-corrected chi connectivity index (χ4v) is 2.91. The first-order valence-corrected chi connectivity index (χ1v) is 9.94. The van der Waals surface area contributed by atoms with Crippen LogP contribution < -0.4 is 0 Å². The first-order chi connectivity index (χ1) is 13.3. The average Bonchev–Trinajstić information content (AvgIpc) is 2.67. The molecule has 0 bridgehead atoms. The number of nitrogens with zero attached hydrogens (tertiary/aromatic N) is 2. The van der Waals surface area contributed by atoms with E-state index < -0.39 is 0 Å². The van der Waals surface area contributed by atoms with Crippen LogP contribution in [0.3, 0.4) is 0 Å². The molecule has 148 valence electrons. The van der Waals surface area contributed by atoms with E-state index in [-0.39, 0.29) is 0 Å². The highest BCUT2D eigenvalue weighted by Crippen LogP contribution is 2.15. The van der Waals surface area contributed by atoms with E-state index in [0.29, 0.717) is 5.92 Å². The summed E-state index contributed by atoms with van der Waals surface area (Å²) in [6.07, 6.45) is 8.26. The fourth-order valence-electron chi connectivity index (χ4n) is 2.91. The molecule has 0 amide bonds. The van der Waals surface area contributed by atoms with E-state index in [1.807, 2.05) is 6.08 Å². The third-order valence-corrected chi connectivity index (χ3v) is 4.85. The van der Waals surface area contributed by atoms with E-state index >= 15 is 0 Å². The molecule has 2 nitrogen and oxygen atoms in total. The van der Waals surface area contributed by atoms with Crippen molar-refractivity contribution in [2.45, 2.75) is 39.8 Å². The van der Waals surface area contributed by atoms with Crippen molar-refractivity contribution >= 4 is 0 Å². The van der Waals surface area contributed by atoms with Gasteiger partial charge in [0.2, 0.25) is 0 Å². The van der Waals surface area contributed by atoms with E-state index in [1.54, 1.807) is 0 Å². The summed E-state index contributed by atoms with van der Waals surface area (Å²) in [6.45, 7) is 12.5. The molecule has 0 saturated carbocycles. The van der Waals surface area contributed by atoms with Crippen molar-refractivity contribution in [1.29, 1.82) is 0 Å². The molecule has 0 heterocycles. The van der Waals surface area contributed by atoms with Crippen LogP contribution in [0.15, 0.2) is 85.2 Å². The summed E-state index contributed by atoms with van der Waals surface area (Å²) in [6, 6.07) is 17.5. The van der Waals surface area contributed by atoms with Crippen molar-refractivity contribution in [1.82, 2.24) is 9.80 Å². The third-order valence-electron chi connectivity index (χ3n) is 4.85. The smallest absolute Gasteiger partial charge is 0.0426 e. The molecule has 0 N–H and O–H groups in total. The molecule has 0 aliphatic rings. The van der Waals surface area contributed by atoms with Crippen molar-refractivity contribution in [3.05, 3.63) is 107 Å². The summed E-state index contributed by atoms with van der Waals surface area (Å²) < 4.78 is 0. The quantitative estimate of drug-likeness (QED) is 0.478. The lowest BCUT2D eigenvalue weighted by Gasteiger charge is -2.19. The minimum Gasteiger partial charge on any atom is -0.376 e. The molecule has 28 heavy (non-hydrogen) atoms. The molecule has 0 radical (unpaired) electrons. The molecular formula is C26H34N2. The van der Waals surface area contributed by atoms with Crippen LogP contribution >= 0.6 is 0 Å². The van der Waals surface area contributed by atoms with Crippen molar-refractivity contribution in [3.8, 4) is 0 Å². The van der Waals surface area contributed by atoms with Crippen LogP contribution in [-0.4, -0.2) is 23.9 Å². The lowest BCUT2D eigenvalue weighted by atomic mass is 10.0. The summed E-state index contributed by atoms with van der Waals surface area (Å²) in [5, 5.41) is 0. The van der Waals surface area contributed by atoms with Crippen LogP contribution in [-0.2, 0) is 13.1 Å². The Bertz CT molecular complexity index is 795. The van der Waals surface area contributed by atoms with E-state index in [1.165, 1.54) is 22.3 Å². The van der Waals surface area contributed by atoms with Gasteiger partial charge in [-0.2, -0.15) is 0 Å². The first-order valence-electron chi connectivity index (χ1n) is 9.94. The topological polar surface area (TPSA) is 6.48 Å². The molecule has 0 aliphatic carbocycles. The van der Waals surface area contributed by atoms with Gasteiger partial charge in [0, 0.05) is 32.9 Å². The van der Waals surface area contributed by atoms with Gasteiger partial charge in [-0.1, -0.05) is 80.6 Å². The first kappa shape index (κ1) is 21.6. The molecule has 2 aromatic rings. The minimum absolute atomic E-state index is 0.578. The number of aryl methyl sites for hydroxylation is 1. The van der Waals surface area contributed by atoms with E-state index in [4.69, 9.17) is 0 Å². The van der Waals surface area contributed by atoms with Crippen molar-refractivity contribution in [2.24, 2.45) is 0 Å². The highest BCUT2D eigenvalue weighted by molar-refractivity contribution is 5.25. The van der Waals surface area contributed by atoms with Crippen LogP contribution in [0.2, 0.25) is 0 Å². The van der Waals surface area contributed by atoms with Gasteiger partial charge in [-0.3, -0.25) is 0 Å². The zero-order valence-electron chi connectivity index (χ0n) is 18.0. The number of hydrogen-bond donors (Lipinski definition) is 0. The highest BCUT2D eigenvalue weighted by Gasteiger charge is 2.01. The zero-order valence-corrected chi connectivity index (χ0v) is 18.0. The highest BCUT2D eigenvalue weighted by atomic mass is 15.1. The van der Waals surface area contributed by atoms with Crippen LogP contribution in [0, 0.1) is 6.92 Å². The van der Waals surface area contributed by atoms with Gasteiger partial charge >= 0.3 is 0 Å². The number of hydrogen-bond acceptors (Lipinski definition) is 2. The molecule has 0 aliphatic heterocycles. The Labute approximate surface area is 171 Å². The number of allylic oxidation sites excluding steroid dienone is 3. The standard InChI is InChI=1S/C26H34N2/c1-21(2)26-16-14-24(15-17-26)19-27(5)18-8-7-9-23(4)28(6)20-25-12-10-22(3)11-13-25/h7-18,21H,4,19-20H2,1-3,5-6H3/b9-7-,18-8-. The molecule has 0 spiro atoms. The maximum Gasteiger partial charge on any atom is 0.0426 e. The summed E-state index contributed by atoms with van der Waals surface area (Å²) in [5.74, 6) is 0.578. The third kappa shape index (κ3) is 7.11. The number of rotatable bonds is 9. The maximum atomic E-state index is 4.17. The zero-order chi connectivity index (χ0) is 20.5. The monoisotopic (exact) mass is 374 g/mol. The summed E-state index contributed by atoms with van der Waals surface area (Å²) >= 11 is 0. The lowest BCUT2D eigenvalue weighted by molar-refractivity contribution is 0.426. The van der Waals surface area contributed by atoms with Crippen LogP contribution in [0.25, 0.3) is 0 Å². The van der Waals surface area contributed by atoms with Crippen LogP contribution in [0.1, 0.15) is 42.0 Å². The summed E-state index contributed by atoms with van der Waals surface area (Å²) in [5.41, 5.74) is 6.29. The van der Waals surface area contributed by atoms with Crippen LogP contribution in [0.5, 0.6) is 0 Å². The Morgan fingerprint density at radius 2 is 1.46 bits per heavy atom. The summed E-state index contributed by atoms with van der Waals surface area (Å²) in [7, 11) is 4.17. The van der Waals surface area contributed by atoms with Crippen LogP contribution in [0.4, 0.5) is 0 Å². The Morgan fingerprint density at radius 3 is 2.07 bits per heavy atom. The lowest BCUT2D eigenvalue weighted by Crippen LogP contribution is -2.15. The van der Waals surface area contributed by atoms with Gasteiger partial charge in [-0.15, -0.1) is 0 Å². The minimum atomic E-state index is 0.578. The molecule has 0 atom stereocenters. The molecular weight excluding hydrogens is 340 g/mol. The van der Waals surface area contributed by atoms with E-state index in [9.17, 15) is 0 Å². The van der Waals surface area contributed by atoms with Gasteiger partial charge < -0.3 is 9.80 Å². The van der Waals surface area contributed by atoms with E-state index in [0.717, 1.165) is 18.8 Å². The van der Waals surface area contributed by atoms with Gasteiger partial charge in [-0.25, -0.2) is 0 Å². The molecule has 2 aromatic carbocycles. The Kier molecular flexibility index (Phi) is 8.13. The van der Waals surface area contributed by atoms with Crippen molar-refractivity contribution < 1.29 is 0 Å². The van der Waals surface area contributed by atoms with Crippen molar-refractivity contribution in [2.75, 3.05) is 14.1 Å². The normalized spacial score (nSPS) is 11.5. The Hall–Kier alpha value is -2.74. The average molecular weight is 375 g/mol. The summed E-state index contributed by atoms with van der Waals surface area (Å²) in [4.78, 5) is 4.35. The molecule has 2 rings (SSSR count). The van der Waals surface area contributed by atoms with E-state index in [2.05, 4.69) is 118 Å². The van der Waals surface area contributed by atoms with Gasteiger partial charge in [0.15, 0.2) is 0 Å². The second kappa shape index (κ2) is 10.6. The Morgan fingerprint density at radius 1 is 0.893 bits per heavy atom. The van der Waals surface area contributed by atoms with Crippen molar-refractivity contribution in [3.63, 3.8) is 0 Å². The largest absolute Gasteiger partial charge is 0.376 e. The van der Waals surface area contributed by atoms with Gasteiger partial charge in [-0.05, 0) is 47.9 Å². The molecule has 0 saturated heterocycles.